The highest BCUT2D eigenvalue weighted by atomic mass is 16.5. The highest BCUT2D eigenvalue weighted by molar-refractivity contribution is 5.83. The van der Waals surface area contributed by atoms with Crippen molar-refractivity contribution in [3.05, 3.63) is 36.0 Å². The number of carbonyl (C=O) groups is 1. The maximum Gasteiger partial charge on any atom is 0.233 e. The monoisotopic (exact) mass is 289 g/mol. The van der Waals surface area contributed by atoms with E-state index in [0.717, 1.165) is 24.9 Å². The fourth-order valence-electron chi connectivity index (χ4n) is 2.27. The van der Waals surface area contributed by atoms with Crippen LogP contribution in [0.15, 0.2) is 30.5 Å². The van der Waals surface area contributed by atoms with Crippen LogP contribution in [0, 0.1) is 0 Å². The van der Waals surface area contributed by atoms with Gasteiger partial charge >= 0.3 is 0 Å². The zero-order chi connectivity index (χ0) is 14.9. The quantitative estimate of drug-likeness (QED) is 0.612. The number of carbonyl (C=O) groups excluding carboxylic acids is 1. The van der Waals surface area contributed by atoms with E-state index in [2.05, 4.69) is 27.8 Å². The number of rotatable bonds is 9. The number of methoxy groups -OCH3 is 1. The molecule has 1 aromatic carbocycles. The number of fused-ring (bicyclic) bond motifs is 1. The van der Waals surface area contributed by atoms with E-state index in [1.807, 2.05) is 18.3 Å². The summed E-state index contributed by atoms with van der Waals surface area (Å²) in [6, 6.07) is 8.25. The second-order valence-corrected chi connectivity index (χ2v) is 4.98. The van der Waals surface area contributed by atoms with Gasteiger partial charge < -0.3 is 20.4 Å². The average molecular weight is 289 g/mol. The molecule has 0 saturated carbocycles. The van der Waals surface area contributed by atoms with Gasteiger partial charge in [0.05, 0.1) is 6.54 Å². The van der Waals surface area contributed by atoms with Crippen LogP contribution in [0.4, 0.5) is 0 Å². The van der Waals surface area contributed by atoms with Gasteiger partial charge in [-0.1, -0.05) is 18.2 Å². The number of para-hydroxylation sites is 1. The fraction of sp³-hybridized carbons (Fsp3) is 0.438. The van der Waals surface area contributed by atoms with Gasteiger partial charge in [0.1, 0.15) is 0 Å². The summed E-state index contributed by atoms with van der Waals surface area (Å²) in [6.45, 7) is 2.48. The molecule has 3 N–H and O–H groups in total. The number of amides is 1. The first-order chi connectivity index (χ1) is 10.3. The van der Waals surface area contributed by atoms with Crippen molar-refractivity contribution in [3.63, 3.8) is 0 Å². The molecule has 114 valence electrons. The van der Waals surface area contributed by atoms with E-state index in [9.17, 15) is 4.79 Å². The lowest BCUT2D eigenvalue weighted by atomic mass is 10.1. The lowest BCUT2D eigenvalue weighted by Gasteiger charge is -2.06. The summed E-state index contributed by atoms with van der Waals surface area (Å²) in [4.78, 5) is 14.8. The Morgan fingerprint density at radius 2 is 2.14 bits per heavy atom. The van der Waals surface area contributed by atoms with Crippen LogP contribution < -0.4 is 10.6 Å². The number of nitrogens with one attached hydrogen (secondary N) is 3. The van der Waals surface area contributed by atoms with Crippen molar-refractivity contribution < 1.29 is 9.53 Å². The van der Waals surface area contributed by atoms with Gasteiger partial charge in [-0.15, -0.1) is 0 Å². The Morgan fingerprint density at radius 1 is 1.29 bits per heavy atom. The number of aromatic nitrogens is 1. The number of H-pyrrole nitrogens is 1. The zero-order valence-electron chi connectivity index (χ0n) is 12.4. The van der Waals surface area contributed by atoms with Crippen molar-refractivity contribution in [1.29, 1.82) is 0 Å². The lowest BCUT2D eigenvalue weighted by Crippen LogP contribution is -2.35. The lowest BCUT2D eigenvalue weighted by molar-refractivity contribution is -0.120. The molecule has 0 radical (unpaired) electrons. The first-order valence-corrected chi connectivity index (χ1v) is 7.32. The molecule has 0 fully saturated rings. The second-order valence-electron chi connectivity index (χ2n) is 4.98. The van der Waals surface area contributed by atoms with Gasteiger partial charge in [0.25, 0.3) is 0 Å². The summed E-state index contributed by atoms with van der Waals surface area (Å²) in [5, 5.41) is 7.28. The van der Waals surface area contributed by atoms with Crippen molar-refractivity contribution in [2.75, 3.05) is 33.4 Å². The van der Waals surface area contributed by atoms with E-state index in [0.29, 0.717) is 19.7 Å². The summed E-state index contributed by atoms with van der Waals surface area (Å²) in [7, 11) is 1.66. The first-order valence-electron chi connectivity index (χ1n) is 7.32. The Labute approximate surface area is 125 Å². The molecule has 0 unspecified atom stereocenters. The van der Waals surface area contributed by atoms with Crippen LogP contribution in [0.1, 0.15) is 12.0 Å². The van der Waals surface area contributed by atoms with Crippen molar-refractivity contribution in [3.8, 4) is 0 Å². The smallest absolute Gasteiger partial charge is 0.233 e. The average Bonchev–Trinajstić information content (AvgIpc) is 2.91. The third-order valence-corrected chi connectivity index (χ3v) is 3.38. The topological polar surface area (TPSA) is 66.2 Å². The molecule has 21 heavy (non-hydrogen) atoms. The van der Waals surface area contributed by atoms with Crippen molar-refractivity contribution in [1.82, 2.24) is 15.6 Å². The zero-order valence-corrected chi connectivity index (χ0v) is 12.4. The predicted octanol–water partition coefficient (Wildman–Crippen LogP) is 1.45. The van der Waals surface area contributed by atoms with Crippen LogP contribution >= 0.6 is 0 Å². The molecule has 1 heterocycles. The van der Waals surface area contributed by atoms with Gasteiger partial charge in [0.2, 0.25) is 5.91 Å². The molecule has 0 aliphatic heterocycles. The first kappa shape index (κ1) is 15.5. The molecule has 5 nitrogen and oxygen atoms in total. The van der Waals surface area contributed by atoms with Crippen LogP contribution in [0.25, 0.3) is 10.9 Å². The summed E-state index contributed by atoms with van der Waals surface area (Å²) in [5.74, 6) is 0.0324. The molecule has 0 spiro atoms. The third-order valence-electron chi connectivity index (χ3n) is 3.38. The van der Waals surface area contributed by atoms with Crippen molar-refractivity contribution >= 4 is 16.8 Å². The highest BCUT2D eigenvalue weighted by Crippen LogP contribution is 2.17. The molecule has 1 amide bonds. The van der Waals surface area contributed by atoms with Gasteiger partial charge in [-0.3, -0.25) is 4.79 Å². The summed E-state index contributed by atoms with van der Waals surface area (Å²) in [5.41, 5.74) is 2.43. The van der Waals surface area contributed by atoms with E-state index in [4.69, 9.17) is 4.74 Å². The number of benzene rings is 1. The van der Waals surface area contributed by atoms with E-state index in [1.165, 1.54) is 10.9 Å². The van der Waals surface area contributed by atoms with Gasteiger partial charge in [0.15, 0.2) is 0 Å². The molecular formula is C16H23N3O2. The van der Waals surface area contributed by atoms with Gasteiger partial charge in [-0.05, 0) is 31.0 Å². The minimum absolute atomic E-state index is 0.0324. The molecule has 2 aromatic rings. The van der Waals surface area contributed by atoms with Gasteiger partial charge in [0, 0.05) is 37.4 Å². The van der Waals surface area contributed by atoms with Gasteiger partial charge in [-0.25, -0.2) is 0 Å². The normalized spacial score (nSPS) is 10.9. The molecular weight excluding hydrogens is 266 g/mol. The predicted molar refractivity (Wildman–Crippen MR) is 84.4 cm³/mol. The van der Waals surface area contributed by atoms with E-state index in [1.54, 1.807) is 7.11 Å². The Hall–Kier alpha value is -1.85. The highest BCUT2D eigenvalue weighted by Gasteiger charge is 2.03. The van der Waals surface area contributed by atoms with Crippen LogP contribution in [0.2, 0.25) is 0 Å². The van der Waals surface area contributed by atoms with E-state index < -0.39 is 0 Å². The molecule has 0 aliphatic rings. The van der Waals surface area contributed by atoms with Crippen molar-refractivity contribution in [2.45, 2.75) is 12.8 Å². The largest absolute Gasteiger partial charge is 0.385 e. The van der Waals surface area contributed by atoms with Crippen LogP contribution in [-0.4, -0.2) is 44.2 Å². The number of ether oxygens (including phenoxy) is 1. The Morgan fingerprint density at radius 3 is 3.00 bits per heavy atom. The molecule has 0 aliphatic carbocycles. The minimum atomic E-state index is 0.0324. The Kier molecular flexibility index (Phi) is 6.24. The molecule has 2 rings (SSSR count). The van der Waals surface area contributed by atoms with E-state index in [-0.39, 0.29) is 5.91 Å². The number of aromatic amines is 1. The van der Waals surface area contributed by atoms with Crippen LogP contribution in [0.5, 0.6) is 0 Å². The van der Waals surface area contributed by atoms with Gasteiger partial charge in [-0.2, -0.15) is 0 Å². The fourth-order valence-corrected chi connectivity index (χ4v) is 2.27. The van der Waals surface area contributed by atoms with Crippen molar-refractivity contribution in [2.24, 2.45) is 0 Å². The number of hydrogen-bond donors (Lipinski definition) is 3. The summed E-state index contributed by atoms with van der Waals surface area (Å²) >= 11 is 0. The second kappa shape index (κ2) is 8.44. The molecule has 0 atom stereocenters. The number of hydrogen-bond acceptors (Lipinski definition) is 3. The maximum atomic E-state index is 11.6. The summed E-state index contributed by atoms with van der Waals surface area (Å²) in [6.07, 6.45) is 3.79. The van der Waals surface area contributed by atoms with Crippen LogP contribution in [-0.2, 0) is 16.0 Å². The molecule has 0 bridgehead atoms. The third kappa shape index (κ3) is 4.88. The van der Waals surface area contributed by atoms with E-state index >= 15 is 0 Å². The van der Waals surface area contributed by atoms with Crippen LogP contribution in [0.3, 0.4) is 0 Å². The molecule has 5 heteroatoms. The standard InChI is InChI=1S/C16H23N3O2/c1-21-10-4-8-18-16(20)12-17-9-7-13-11-19-15-6-3-2-5-14(13)15/h2-3,5-6,11,17,19H,4,7-10,12H2,1H3,(H,18,20). The minimum Gasteiger partial charge on any atom is -0.385 e. The molecule has 0 saturated heterocycles. The molecule has 1 aromatic heterocycles. The Bertz CT molecular complexity index is 565. The maximum absolute atomic E-state index is 11.6. The SMILES string of the molecule is COCCCNC(=O)CNCCc1c[nH]c2ccccc12. The Balaban J connectivity index is 1.64. The summed E-state index contributed by atoms with van der Waals surface area (Å²) < 4.78 is 4.93.